The number of rotatable bonds is 0. The van der Waals surface area contributed by atoms with Crippen molar-refractivity contribution in [2.24, 2.45) is 0 Å². The highest BCUT2D eigenvalue weighted by Crippen LogP contribution is 2.01. The summed E-state index contributed by atoms with van der Waals surface area (Å²) in [7, 11) is 0. The Morgan fingerprint density at radius 2 is 2.15 bits per heavy atom. The highest BCUT2D eigenvalue weighted by atomic mass is 16.1. The Bertz CT molecular complexity index is 532. The SMILES string of the molecule is O=C=c1cc2c([nH]1)=CC(=O)CC2=O. The normalized spacial score (nSPS) is 14.8. The number of aromatic nitrogens is 1. The van der Waals surface area contributed by atoms with E-state index in [0.717, 1.165) is 0 Å². The van der Waals surface area contributed by atoms with Crippen LogP contribution in [0, 0.1) is 0 Å². The van der Waals surface area contributed by atoms with Crippen LogP contribution in [0.3, 0.4) is 0 Å². The number of nitrogens with one attached hydrogen (secondary N) is 1. The van der Waals surface area contributed by atoms with Gasteiger partial charge in [-0.25, -0.2) is 4.79 Å². The van der Waals surface area contributed by atoms with Crippen LogP contribution < -0.4 is 10.7 Å². The van der Waals surface area contributed by atoms with Crippen molar-refractivity contribution in [3.8, 4) is 0 Å². The fraction of sp³-hybridized carbons (Fsp3) is 0.111. The fourth-order valence-corrected chi connectivity index (χ4v) is 1.34. The number of H-pyrrole nitrogens is 1. The topological polar surface area (TPSA) is 67.0 Å². The molecule has 0 bridgehead atoms. The van der Waals surface area contributed by atoms with Gasteiger partial charge in [0, 0.05) is 11.6 Å². The second-order valence-corrected chi connectivity index (χ2v) is 2.82. The van der Waals surface area contributed by atoms with E-state index in [1.807, 2.05) is 0 Å². The van der Waals surface area contributed by atoms with Crippen molar-refractivity contribution in [3.63, 3.8) is 0 Å². The molecule has 0 unspecified atom stereocenters. The molecule has 1 heterocycles. The molecule has 0 aromatic carbocycles. The summed E-state index contributed by atoms with van der Waals surface area (Å²) in [5, 5.41) is 0.615. The number of fused-ring (bicyclic) bond motifs is 1. The van der Waals surface area contributed by atoms with E-state index in [9.17, 15) is 14.4 Å². The van der Waals surface area contributed by atoms with Crippen LogP contribution in [0.15, 0.2) is 6.07 Å². The van der Waals surface area contributed by atoms with Crippen molar-refractivity contribution < 1.29 is 14.4 Å². The Morgan fingerprint density at radius 3 is 2.85 bits per heavy atom. The first-order chi connectivity index (χ1) is 6.20. The maximum Gasteiger partial charge on any atom is 0.172 e. The Hall–Kier alpha value is -1.93. The van der Waals surface area contributed by atoms with E-state index in [-0.39, 0.29) is 23.3 Å². The van der Waals surface area contributed by atoms with E-state index in [2.05, 4.69) is 4.98 Å². The predicted molar refractivity (Wildman–Crippen MR) is 43.3 cm³/mol. The molecule has 0 aliphatic heterocycles. The lowest BCUT2D eigenvalue weighted by molar-refractivity contribution is -0.112. The molecule has 0 fully saturated rings. The predicted octanol–water partition coefficient (Wildman–Crippen LogP) is -1.55. The van der Waals surface area contributed by atoms with E-state index in [0.29, 0.717) is 10.9 Å². The van der Waals surface area contributed by atoms with Gasteiger partial charge in [0.15, 0.2) is 17.5 Å². The number of carbonyl (C=O) groups is 2. The van der Waals surface area contributed by atoms with Crippen molar-refractivity contribution in [2.45, 2.75) is 6.42 Å². The molecule has 0 saturated carbocycles. The Balaban J connectivity index is 2.86. The first kappa shape index (κ1) is 7.71. The first-order valence-corrected chi connectivity index (χ1v) is 3.72. The number of ketones is 2. The molecule has 13 heavy (non-hydrogen) atoms. The number of Topliss-reactive ketones (excluding diaryl/α,β-unsaturated/α-hetero) is 2. The highest BCUT2D eigenvalue weighted by Gasteiger charge is 2.18. The maximum atomic E-state index is 11.2. The quantitative estimate of drug-likeness (QED) is 0.485. The van der Waals surface area contributed by atoms with Gasteiger partial charge < -0.3 is 4.98 Å². The lowest BCUT2D eigenvalue weighted by Gasteiger charge is -1.99. The van der Waals surface area contributed by atoms with E-state index in [1.165, 1.54) is 12.1 Å². The molecule has 1 aliphatic rings. The molecule has 4 nitrogen and oxygen atoms in total. The molecule has 0 spiro atoms. The van der Waals surface area contributed by atoms with Gasteiger partial charge in [-0.15, -0.1) is 0 Å². The summed E-state index contributed by atoms with van der Waals surface area (Å²) in [6.07, 6.45) is 1.22. The molecule has 0 radical (unpaired) electrons. The monoisotopic (exact) mass is 175 g/mol. The van der Waals surface area contributed by atoms with Gasteiger partial charge >= 0.3 is 0 Å². The van der Waals surface area contributed by atoms with Crippen LogP contribution in [0.2, 0.25) is 0 Å². The summed E-state index contributed by atoms with van der Waals surface area (Å²) in [4.78, 5) is 35.0. The lowest BCUT2D eigenvalue weighted by Crippen LogP contribution is -2.23. The van der Waals surface area contributed by atoms with Crippen LogP contribution in [-0.2, 0) is 9.59 Å². The van der Waals surface area contributed by atoms with Crippen LogP contribution >= 0.6 is 0 Å². The maximum absolute atomic E-state index is 11.2. The van der Waals surface area contributed by atoms with E-state index >= 15 is 0 Å². The van der Waals surface area contributed by atoms with E-state index in [1.54, 1.807) is 5.94 Å². The van der Waals surface area contributed by atoms with Gasteiger partial charge in [-0.05, 0) is 6.07 Å². The van der Waals surface area contributed by atoms with Crippen molar-refractivity contribution >= 4 is 23.6 Å². The first-order valence-electron chi connectivity index (χ1n) is 3.72. The summed E-state index contributed by atoms with van der Waals surface area (Å²) < 4.78 is 0. The van der Waals surface area contributed by atoms with Crippen molar-refractivity contribution in [1.29, 1.82) is 0 Å². The lowest BCUT2D eigenvalue weighted by atomic mass is 10.0. The van der Waals surface area contributed by atoms with E-state index < -0.39 is 0 Å². The molecule has 0 saturated heterocycles. The summed E-state index contributed by atoms with van der Waals surface area (Å²) in [5.41, 5.74) is 0.401. The van der Waals surface area contributed by atoms with E-state index in [4.69, 9.17) is 0 Å². The Labute approximate surface area is 72.6 Å². The molecule has 1 N–H and O–H groups in total. The third-order valence-electron chi connectivity index (χ3n) is 1.90. The molecule has 0 amide bonds. The van der Waals surface area contributed by atoms with Crippen molar-refractivity contribution in [3.05, 3.63) is 22.3 Å². The zero-order valence-corrected chi connectivity index (χ0v) is 6.59. The second kappa shape index (κ2) is 2.54. The average Bonchev–Trinajstić information content (AvgIpc) is 2.47. The van der Waals surface area contributed by atoms with Gasteiger partial charge in [-0.1, -0.05) is 0 Å². The molecule has 4 heteroatoms. The zero-order valence-electron chi connectivity index (χ0n) is 6.59. The van der Waals surface area contributed by atoms with Gasteiger partial charge in [0.2, 0.25) is 0 Å². The molecule has 64 valence electrons. The molecule has 1 aromatic heterocycles. The van der Waals surface area contributed by atoms with Crippen LogP contribution in [-0.4, -0.2) is 22.5 Å². The largest absolute Gasteiger partial charge is 0.346 e. The summed E-state index contributed by atoms with van der Waals surface area (Å²) in [6.45, 7) is 0. The number of hydrogen-bond donors (Lipinski definition) is 1. The molecule has 1 aromatic rings. The smallest absolute Gasteiger partial charge is 0.172 e. The summed E-state index contributed by atoms with van der Waals surface area (Å²) in [5.74, 6) is 1.14. The summed E-state index contributed by atoms with van der Waals surface area (Å²) >= 11 is 0. The van der Waals surface area contributed by atoms with Gasteiger partial charge in [0.1, 0.15) is 5.35 Å². The minimum atomic E-state index is -0.250. The van der Waals surface area contributed by atoms with Gasteiger partial charge in [0.25, 0.3) is 0 Å². The number of aromatic amines is 1. The molecular weight excluding hydrogens is 170 g/mol. The minimum Gasteiger partial charge on any atom is -0.346 e. The Morgan fingerprint density at radius 1 is 1.38 bits per heavy atom. The number of carbonyl (C=O) groups excluding carboxylic acids is 3. The molecular formula is C9H5NO3. The standard InChI is InChI=1S/C9H5NO3/c11-4-5-1-7-8(10-5)2-6(12)3-9(7)13/h1-2,10H,3H2. The zero-order chi connectivity index (χ0) is 9.42. The van der Waals surface area contributed by atoms with Gasteiger partial charge in [-0.2, -0.15) is 0 Å². The van der Waals surface area contributed by atoms with Crippen LogP contribution in [0.4, 0.5) is 0 Å². The van der Waals surface area contributed by atoms with Crippen molar-refractivity contribution in [1.82, 2.24) is 4.98 Å². The van der Waals surface area contributed by atoms with Gasteiger partial charge in [0.05, 0.1) is 11.8 Å². The van der Waals surface area contributed by atoms with Gasteiger partial charge in [-0.3, -0.25) is 9.59 Å². The highest BCUT2D eigenvalue weighted by molar-refractivity contribution is 6.21. The molecule has 0 atom stereocenters. The minimum absolute atomic E-state index is 0.108. The molecule has 1 aliphatic carbocycles. The Kier molecular flexibility index (Phi) is 1.50. The average molecular weight is 175 g/mol. The number of hydrogen-bond acceptors (Lipinski definition) is 3. The third kappa shape index (κ3) is 1.13. The van der Waals surface area contributed by atoms with Crippen LogP contribution in [0.1, 0.15) is 16.8 Å². The van der Waals surface area contributed by atoms with Crippen molar-refractivity contribution in [2.75, 3.05) is 0 Å². The second-order valence-electron chi connectivity index (χ2n) is 2.82. The fourth-order valence-electron chi connectivity index (χ4n) is 1.34. The summed E-state index contributed by atoms with van der Waals surface area (Å²) in [6, 6.07) is 1.41. The van der Waals surface area contributed by atoms with Crippen LogP contribution in [0.25, 0.3) is 6.08 Å². The van der Waals surface area contributed by atoms with Crippen LogP contribution in [0.5, 0.6) is 0 Å². The third-order valence-corrected chi connectivity index (χ3v) is 1.90. The molecule has 2 rings (SSSR count).